The van der Waals surface area contributed by atoms with Crippen LogP contribution in [0.5, 0.6) is 0 Å². The molecule has 0 aliphatic carbocycles. The van der Waals surface area contributed by atoms with Crippen LogP contribution in [0.25, 0.3) is 0 Å². The van der Waals surface area contributed by atoms with Gasteiger partial charge >= 0.3 is 0 Å². The highest BCUT2D eigenvalue weighted by atomic mass is 16.5. The van der Waals surface area contributed by atoms with E-state index in [0.717, 1.165) is 19.3 Å². The van der Waals surface area contributed by atoms with Gasteiger partial charge in [-0.2, -0.15) is 0 Å². The summed E-state index contributed by atoms with van der Waals surface area (Å²) >= 11 is 0. The molecule has 4 rings (SSSR count). The second-order valence-electron chi connectivity index (χ2n) is 8.85. The molecule has 152 valence electrons. The number of anilines is 1. The van der Waals surface area contributed by atoms with Crippen molar-refractivity contribution in [3.8, 4) is 0 Å². The van der Waals surface area contributed by atoms with Crippen LogP contribution in [-0.4, -0.2) is 41.3 Å². The molecule has 28 heavy (non-hydrogen) atoms. The van der Waals surface area contributed by atoms with Crippen LogP contribution in [0.15, 0.2) is 22.7 Å². The Balaban J connectivity index is 1.46. The monoisotopic (exact) mass is 387 g/mol. The molecule has 1 spiro atoms. The van der Waals surface area contributed by atoms with Crippen molar-refractivity contribution >= 4 is 17.6 Å². The van der Waals surface area contributed by atoms with E-state index in [9.17, 15) is 9.59 Å². The lowest BCUT2D eigenvalue weighted by Crippen LogP contribution is -2.46. The molecule has 3 aliphatic rings. The van der Waals surface area contributed by atoms with Gasteiger partial charge in [0.1, 0.15) is 11.4 Å². The van der Waals surface area contributed by atoms with Gasteiger partial charge in [0, 0.05) is 12.1 Å². The van der Waals surface area contributed by atoms with Crippen LogP contribution in [0.3, 0.4) is 0 Å². The topological polar surface area (TPSA) is 84.7 Å². The van der Waals surface area contributed by atoms with Crippen LogP contribution >= 0.6 is 0 Å². The van der Waals surface area contributed by atoms with Crippen LogP contribution in [0.1, 0.15) is 45.8 Å². The Hall–Kier alpha value is -2.15. The number of ether oxygens (including phenoxy) is 1. The van der Waals surface area contributed by atoms with Crippen molar-refractivity contribution in [1.82, 2.24) is 10.5 Å². The zero-order chi connectivity index (χ0) is 20.1. The first-order valence-electron chi connectivity index (χ1n) is 10.2. The van der Waals surface area contributed by atoms with Gasteiger partial charge < -0.3 is 14.6 Å². The van der Waals surface area contributed by atoms with Crippen molar-refractivity contribution in [3.63, 3.8) is 0 Å². The predicted molar refractivity (Wildman–Crippen MR) is 104 cm³/mol. The second-order valence-corrected chi connectivity index (χ2v) is 8.85. The summed E-state index contributed by atoms with van der Waals surface area (Å²) in [5.74, 6) is 0.563. The molecule has 4 heterocycles. The first-order valence-corrected chi connectivity index (χ1v) is 10.2. The van der Waals surface area contributed by atoms with E-state index in [1.165, 1.54) is 0 Å². The van der Waals surface area contributed by atoms with E-state index < -0.39 is 17.4 Å². The molecule has 2 fully saturated rings. The SMILES string of the molecule is Cc1cc(N2CC34C=C[C@@H](O3)C(C(=O)NC(C)CCCC(C)C)C4C2=O)no1. The van der Waals surface area contributed by atoms with Crippen LogP contribution in [0, 0.1) is 24.7 Å². The summed E-state index contributed by atoms with van der Waals surface area (Å²) in [5.41, 5.74) is -0.739. The lowest BCUT2D eigenvalue weighted by molar-refractivity contribution is -0.132. The molecule has 5 atom stereocenters. The molecule has 2 amide bonds. The van der Waals surface area contributed by atoms with E-state index in [-0.39, 0.29) is 24.0 Å². The van der Waals surface area contributed by atoms with Crippen molar-refractivity contribution in [1.29, 1.82) is 0 Å². The maximum absolute atomic E-state index is 13.2. The number of aromatic nitrogens is 1. The average molecular weight is 387 g/mol. The maximum atomic E-state index is 13.2. The molecule has 0 radical (unpaired) electrons. The van der Waals surface area contributed by atoms with E-state index in [1.54, 1.807) is 17.9 Å². The quantitative estimate of drug-likeness (QED) is 0.727. The smallest absolute Gasteiger partial charge is 0.235 e. The van der Waals surface area contributed by atoms with Crippen molar-refractivity contribution in [3.05, 3.63) is 24.0 Å². The van der Waals surface area contributed by atoms with Gasteiger partial charge in [-0.3, -0.25) is 14.5 Å². The zero-order valence-corrected chi connectivity index (χ0v) is 17.0. The largest absolute Gasteiger partial charge is 0.360 e. The third-order valence-electron chi connectivity index (χ3n) is 6.10. The van der Waals surface area contributed by atoms with E-state index in [4.69, 9.17) is 9.26 Å². The van der Waals surface area contributed by atoms with Crippen molar-refractivity contribution in [2.45, 2.75) is 64.7 Å². The molecule has 1 aromatic heterocycles. The molecule has 7 nitrogen and oxygen atoms in total. The maximum Gasteiger partial charge on any atom is 0.235 e. The molecule has 7 heteroatoms. The van der Waals surface area contributed by atoms with Crippen LogP contribution < -0.4 is 10.2 Å². The van der Waals surface area contributed by atoms with Gasteiger partial charge in [-0.15, -0.1) is 0 Å². The molecular formula is C21H29N3O4. The molecular weight excluding hydrogens is 358 g/mol. The van der Waals surface area contributed by atoms with Gasteiger partial charge in [-0.25, -0.2) is 0 Å². The third kappa shape index (κ3) is 3.15. The van der Waals surface area contributed by atoms with E-state index in [1.807, 2.05) is 19.1 Å². The number of amides is 2. The summed E-state index contributed by atoms with van der Waals surface area (Å²) in [5, 5.41) is 7.08. The first-order chi connectivity index (χ1) is 13.3. The van der Waals surface area contributed by atoms with Crippen LogP contribution in [-0.2, 0) is 14.3 Å². The molecule has 2 saturated heterocycles. The molecule has 1 aromatic rings. The average Bonchev–Trinajstić information content (AvgIpc) is 3.35. The molecule has 1 N–H and O–H groups in total. The summed E-state index contributed by atoms with van der Waals surface area (Å²) in [6, 6.07) is 1.81. The first kappa shape index (κ1) is 19.2. The lowest BCUT2D eigenvalue weighted by atomic mass is 9.76. The Morgan fingerprint density at radius 1 is 1.39 bits per heavy atom. The van der Waals surface area contributed by atoms with Gasteiger partial charge in [0.25, 0.3) is 0 Å². The highest BCUT2D eigenvalue weighted by Gasteiger charge is 2.67. The Morgan fingerprint density at radius 3 is 2.86 bits per heavy atom. The Bertz CT molecular complexity index is 801. The fraction of sp³-hybridized carbons (Fsp3) is 0.667. The minimum absolute atomic E-state index is 0.0797. The minimum atomic E-state index is -0.739. The van der Waals surface area contributed by atoms with Gasteiger partial charge in [0.2, 0.25) is 11.8 Å². The highest BCUT2D eigenvalue weighted by Crippen LogP contribution is 2.52. The summed E-state index contributed by atoms with van der Waals surface area (Å²) in [6.07, 6.45) is 6.70. The minimum Gasteiger partial charge on any atom is -0.360 e. The Labute approximate surface area is 165 Å². The van der Waals surface area contributed by atoms with Crippen LogP contribution in [0.4, 0.5) is 5.82 Å². The molecule has 0 saturated carbocycles. The number of carbonyl (C=O) groups is 2. The predicted octanol–water partition coefficient (Wildman–Crippen LogP) is 2.60. The number of hydrogen-bond acceptors (Lipinski definition) is 5. The fourth-order valence-corrected chi connectivity index (χ4v) is 4.72. The summed E-state index contributed by atoms with van der Waals surface area (Å²) in [6.45, 7) is 8.59. The van der Waals surface area contributed by atoms with E-state index in [0.29, 0.717) is 24.0 Å². The van der Waals surface area contributed by atoms with Gasteiger partial charge in [-0.1, -0.05) is 44.0 Å². The van der Waals surface area contributed by atoms with E-state index >= 15 is 0 Å². The second kappa shape index (κ2) is 7.03. The number of carbonyl (C=O) groups excluding carboxylic acids is 2. The zero-order valence-electron chi connectivity index (χ0n) is 17.0. The van der Waals surface area contributed by atoms with Crippen molar-refractivity contribution in [2.24, 2.45) is 17.8 Å². The number of nitrogens with one attached hydrogen (secondary N) is 1. The Morgan fingerprint density at radius 2 is 2.18 bits per heavy atom. The lowest BCUT2D eigenvalue weighted by Gasteiger charge is -2.25. The number of hydrogen-bond donors (Lipinski definition) is 1. The van der Waals surface area contributed by atoms with Crippen molar-refractivity contribution in [2.75, 3.05) is 11.4 Å². The van der Waals surface area contributed by atoms with Gasteiger partial charge in [0.15, 0.2) is 5.82 Å². The number of rotatable bonds is 7. The normalized spacial score (nSPS) is 31.7. The summed E-state index contributed by atoms with van der Waals surface area (Å²) < 4.78 is 11.3. The van der Waals surface area contributed by atoms with E-state index in [2.05, 4.69) is 24.3 Å². The van der Waals surface area contributed by atoms with Gasteiger partial charge in [0.05, 0.1) is 24.5 Å². The molecule has 4 unspecified atom stereocenters. The van der Waals surface area contributed by atoms with Crippen molar-refractivity contribution < 1.29 is 18.8 Å². The Kier molecular flexibility index (Phi) is 4.81. The number of fused-ring (bicyclic) bond motifs is 1. The highest BCUT2D eigenvalue weighted by molar-refractivity contribution is 6.02. The summed E-state index contributed by atoms with van der Waals surface area (Å²) in [4.78, 5) is 27.8. The van der Waals surface area contributed by atoms with Gasteiger partial charge in [-0.05, 0) is 26.2 Å². The fourth-order valence-electron chi connectivity index (χ4n) is 4.72. The number of nitrogens with zero attached hydrogens (tertiary/aromatic N) is 2. The third-order valence-corrected chi connectivity index (χ3v) is 6.10. The van der Waals surface area contributed by atoms with Crippen LogP contribution in [0.2, 0.25) is 0 Å². The molecule has 2 bridgehead atoms. The number of aryl methyl sites for hydroxylation is 1. The summed E-state index contributed by atoms with van der Waals surface area (Å²) in [7, 11) is 0. The molecule has 0 aromatic carbocycles. The standard InChI is InChI=1S/C21H29N3O4/c1-12(2)6-5-7-13(3)22-19(25)17-15-8-9-21(27-15)11-24(20(26)18(17)21)16-10-14(4)28-23-16/h8-10,12-13,15,17-18H,5-7,11H2,1-4H3,(H,22,25)/t13?,15-,17?,18?,21?/m1/s1. The molecule has 3 aliphatic heterocycles.